The first-order valence-corrected chi connectivity index (χ1v) is 7.76. The van der Waals surface area contributed by atoms with E-state index < -0.39 is 0 Å². The molecule has 0 aliphatic heterocycles. The van der Waals surface area contributed by atoms with Gasteiger partial charge in [0.2, 0.25) is 0 Å². The van der Waals surface area contributed by atoms with Gasteiger partial charge >= 0.3 is 0 Å². The highest BCUT2D eigenvalue weighted by Gasteiger charge is 2.14. The molecule has 0 heterocycles. The molecule has 0 aliphatic rings. The molecule has 0 bridgehead atoms. The second-order valence-corrected chi connectivity index (χ2v) is 6.04. The molecule has 0 aliphatic carbocycles. The number of rotatable bonds is 5. The molecule has 0 atom stereocenters. The van der Waals surface area contributed by atoms with Crippen molar-refractivity contribution in [2.45, 2.75) is 41.2 Å². The number of hydrogen-bond donors (Lipinski definition) is 1. The SMILES string of the molecule is CC(=O)c1cccc(NCc2c(C)cc(C)c(C(C)=O)c2C)c1. The minimum Gasteiger partial charge on any atom is -0.381 e. The summed E-state index contributed by atoms with van der Waals surface area (Å²) in [5.74, 6) is 0.148. The Morgan fingerprint density at radius 1 is 0.957 bits per heavy atom. The lowest BCUT2D eigenvalue weighted by Crippen LogP contribution is -2.09. The Bertz CT molecular complexity index is 775. The van der Waals surface area contributed by atoms with Crippen molar-refractivity contribution in [3.05, 3.63) is 63.7 Å². The minimum atomic E-state index is 0.0511. The molecule has 2 aromatic carbocycles. The summed E-state index contributed by atoms with van der Waals surface area (Å²) in [6, 6.07) is 9.54. The Balaban J connectivity index is 2.31. The maximum Gasteiger partial charge on any atom is 0.160 e. The van der Waals surface area contributed by atoms with Crippen LogP contribution in [0.5, 0.6) is 0 Å². The number of benzene rings is 2. The maximum atomic E-state index is 11.9. The van der Waals surface area contributed by atoms with Crippen LogP contribution in [-0.2, 0) is 6.54 Å². The van der Waals surface area contributed by atoms with Crippen molar-refractivity contribution >= 4 is 17.3 Å². The summed E-state index contributed by atoms with van der Waals surface area (Å²) in [5.41, 5.74) is 6.76. The van der Waals surface area contributed by atoms with Gasteiger partial charge in [-0.2, -0.15) is 0 Å². The van der Waals surface area contributed by atoms with E-state index in [1.807, 2.05) is 38.1 Å². The van der Waals surface area contributed by atoms with E-state index in [2.05, 4.69) is 18.3 Å². The van der Waals surface area contributed by atoms with Crippen molar-refractivity contribution in [2.75, 3.05) is 5.32 Å². The smallest absolute Gasteiger partial charge is 0.160 e. The maximum absolute atomic E-state index is 11.9. The van der Waals surface area contributed by atoms with Gasteiger partial charge in [-0.1, -0.05) is 18.2 Å². The third kappa shape index (κ3) is 3.67. The van der Waals surface area contributed by atoms with Gasteiger partial charge < -0.3 is 5.32 Å². The van der Waals surface area contributed by atoms with Crippen molar-refractivity contribution < 1.29 is 9.59 Å². The van der Waals surface area contributed by atoms with Crippen molar-refractivity contribution in [2.24, 2.45) is 0 Å². The van der Waals surface area contributed by atoms with Gasteiger partial charge in [0.15, 0.2) is 11.6 Å². The Kier molecular flexibility index (Phi) is 4.99. The second kappa shape index (κ2) is 6.78. The molecule has 0 saturated heterocycles. The van der Waals surface area contributed by atoms with Gasteiger partial charge in [0.25, 0.3) is 0 Å². The first-order chi connectivity index (χ1) is 10.8. The minimum absolute atomic E-state index is 0.0511. The van der Waals surface area contributed by atoms with Crippen LogP contribution in [0.1, 0.15) is 56.8 Å². The number of anilines is 1. The molecule has 2 rings (SSSR count). The van der Waals surface area contributed by atoms with Crippen molar-refractivity contribution in [1.29, 1.82) is 0 Å². The van der Waals surface area contributed by atoms with Crippen LogP contribution in [0.2, 0.25) is 0 Å². The molecule has 0 spiro atoms. The van der Waals surface area contributed by atoms with Crippen molar-refractivity contribution in [1.82, 2.24) is 0 Å². The predicted molar refractivity (Wildman–Crippen MR) is 94.4 cm³/mol. The molecule has 0 saturated carbocycles. The molecule has 0 fully saturated rings. The van der Waals surface area contributed by atoms with Gasteiger partial charge in [-0.15, -0.1) is 0 Å². The number of ketones is 2. The standard InChI is InChI=1S/C20H23NO2/c1-12-9-13(2)20(16(5)23)14(3)19(12)11-21-18-8-6-7-17(10-18)15(4)22/h6-10,21H,11H2,1-5H3. The second-order valence-electron chi connectivity index (χ2n) is 6.04. The highest BCUT2D eigenvalue weighted by atomic mass is 16.1. The van der Waals surface area contributed by atoms with Gasteiger partial charge in [-0.3, -0.25) is 9.59 Å². The fourth-order valence-electron chi connectivity index (χ4n) is 3.08. The summed E-state index contributed by atoms with van der Waals surface area (Å²) >= 11 is 0. The molecule has 120 valence electrons. The van der Waals surface area contributed by atoms with Crippen molar-refractivity contribution in [3.8, 4) is 0 Å². The molecule has 1 N–H and O–H groups in total. The molecule has 0 aromatic heterocycles. The normalized spacial score (nSPS) is 10.5. The first kappa shape index (κ1) is 16.9. The fourth-order valence-corrected chi connectivity index (χ4v) is 3.08. The average Bonchev–Trinajstić information content (AvgIpc) is 2.46. The van der Waals surface area contributed by atoms with E-state index in [0.29, 0.717) is 12.1 Å². The van der Waals surface area contributed by atoms with Gasteiger partial charge in [-0.25, -0.2) is 0 Å². The zero-order chi connectivity index (χ0) is 17.1. The zero-order valence-electron chi connectivity index (χ0n) is 14.4. The van der Waals surface area contributed by atoms with Crippen LogP contribution >= 0.6 is 0 Å². The van der Waals surface area contributed by atoms with E-state index in [-0.39, 0.29) is 11.6 Å². The van der Waals surface area contributed by atoms with Crippen LogP contribution < -0.4 is 5.32 Å². The number of Topliss-reactive ketones (excluding diaryl/α,β-unsaturated/α-hetero) is 2. The van der Waals surface area contributed by atoms with Crippen LogP contribution in [0.3, 0.4) is 0 Å². The van der Waals surface area contributed by atoms with Gasteiger partial charge in [0.1, 0.15) is 0 Å². The molecule has 0 amide bonds. The highest BCUT2D eigenvalue weighted by molar-refractivity contribution is 5.97. The molecule has 2 aromatic rings. The molecule has 3 heteroatoms. The monoisotopic (exact) mass is 309 g/mol. The van der Waals surface area contributed by atoms with Gasteiger partial charge in [0.05, 0.1) is 0 Å². The average molecular weight is 309 g/mol. The quantitative estimate of drug-likeness (QED) is 0.819. The van der Waals surface area contributed by atoms with E-state index in [4.69, 9.17) is 0 Å². The summed E-state index contributed by atoms with van der Waals surface area (Å²) in [7, 11) is 0. The van der Waals surface area contributed by atoms with Gasteiger partial charge in [0, 0.05) is 23.4 Å². The zero-order valence-corrected chi connectivity index (χ0v) is 14.4. The summed E-state index contributed by atoms with van der Waals surface area (Å²) in [5, 5.41) is 3.36. The third-order valence-electron chi connectivity index (χ3n) is 4.22. The first-order valence-electron chi connectivity index (χ1n) is 7.76. The highest BCUT2D eigenvalue weighted by Crippen LogP contribution is 2.24. The number of carbonyl (C=O) groups is 2. The van der Waals surface area contributed by atoms with Crippen LogP contribution in [0.25, 0.3) is 0 Å². The van der Waals surface area contributed by atoms with Crippen LogP contribution in [0.4, 0.5) is 5.69 Å². The fraction of sp³-hybridized carbons (Fsp3) is 0.300. The number of nitrogens with one attached hydrogen (secondary N) is 1. The molecular weight excluding hydrogens is 286 g/mol. The molecule has 0 unspecified atom stereocenters. The Morgan fingerprint density at radius 3 is 2.26 bits per heavy atom. The summed E-state index contributed by atoms with van der Waals surface area (Å²) in [6.07, 6.45) is 0. The van der Waals surface area contributed by atoms with E-state index in [9.17, 15) is 9.59 Å². The topological polar surface area (TPSA) is 46.2 Å². The van der Waals surface area contributed by atoms with Crippen LogP contribution in [-0.4, -0.2) is 11.6 Å². The van der Waals surface area contributed by atoms with E-state index >= 15 is 0 Å². The van der Waals surface area contributed by atoms with E-state index in [0.717, 1.165) is 27.9 Å². The summed E-state index contributed by atoms with van der Waals surface area (Å²) < 4.78 is 0. The van der Waals surface area contributed by atoms with Crippen molar-refractivity contribution in [3.63, 3.8) is 0 Å². The van der Waals surface area contributed by atoms with Crippen LogP contribution in [0, 0.1) is 20.8 Å². The number of aryl methyl sites for hydroxylation is 2. The summed E-state index contributed by atoms with van der Waals surface area (Å²) in [6.45, 7) is 9.83. The third-order valence-corrected chi connectivity index (χ3v) is 4.22. The summed E-state index contributed by atoms with van der Waals surface area (Å²) in [4.78, 5) is 23.4. The number of carbonyl (C=O) groups excluding carboxylic acids is 2. The lowest BCUT2D eigenvalue weighted by Gasteiger charge is -2.17. The Labute approximate surface area is 137 Å². The molecule has 3 nitrogen and oxygen atoms in total. The van der Waals surface area contributed by atoms with E-state index in [1.54, 1.807) is 13.8 Å². The molecule has 0 radical (unpaired) electrons. The van der Waals surface area contributed by atoms with E-state index in [1.165, 1.54) is 5.56 Å². The molecular formula is C20H23NO2. The lowest BCUT2D eigenvalue weighted by molar-refractivity contribution is 0.100. The predicted octanol–water partition coefficient (Wildman–Crippen LogP) is 4.63. The largest absolute Gasteiger partial charge is 0.381 e. The number of hydrogen-bond acceptors (Lipinski definition) is 3. The van der Waals surface area contributed by atoms with Gasteiger partial charge in [-0.05, 0) is 69.0 Å². The van der Waals surface area contributed by atoms with Crippen LogP contribution in [0.15, 0.2) is 30.3 Å². The Hall–Kier alpha value is -2.42. The molecule has 23 heavy (non-hydrogen) atoms. The lowest BCUT2D eigenvalue weighted by atomic mass is 9.91. The Morgan fingerprint density at radius 2 is 1.65 bits per heavy atom.